The number of piperidine rings is 2. The number of fused-ring (bicyclic) bond motifs is 10. The molecular formula is C48H60N4O2. The molecule has 6 heteroatoms. The second-order valence-corrected chi connectivity index (χ2v) is 19.0. The Bertz CT molecular complexity index is 1900. The van der Waals surface area contributed by atoms with E-state index in [-0.39, 0.29) is 27.8 Å². The van der Waals surface area contributed by atoms with E-state index in [0.717, 1.165) is 50.6 Å². The summed E-state index contributed by atoms with van der Waals surface area (Å²) in [5.41, 5.74) is 6.19. The predicted molar refractivity (Wildman–Crippen MR) is 216 cm³/mol. The van der Waals surface area contributed by atoms with Crippen molar-refractivity contribution in [2.24, 2.45) is 46.3 Å². The SMILES string of the molecule is C[C@]12CC[C@H]3[C@@H](CCN4C(=O)C=CCC[C@]34C)[C@@H]1CC=C2c1cccnc1.C[C@]12CC[C@H]3[C@@H](CCN4C(=O)CC=CC[C@]34C)[C@@H]1CC=C2c1cccnc1. The summed E-state index contributed by atoms with van der Waals surface area (Å²) in [5, 5.41) is 0. The van der Waals surface area contributed by atoms with E-state index in [9.17, 15) is 9.59 Å². The first-order chi connectivity index (χ1) is 26.1. The van der Waals surface area contributed by atoms with Gasteiger partial charge < -0.3 is 9.80 Å². The number of nitrogens with zero attached hydrogens (tertiary/aromatic N) is 4. The molecule has 4 aliphatic heterocycles. The monoisotopic (exact) mass is 724 g/mol. The number of allylic oxidation sites excluding steroid dienone is 5. The van der Waals surface area contributed by atoms with Crippen molar-refractivity contribution in [1.82, 2.24) is 19.8 Å². The summed E-state index contributed by atoms with van der Waals surface area (Å²) in [5.74, 6) is 4.68. The van der Waals surface area contributed by atoms with Gasteiger partial charge in [-0.3, -0.25) is 19.6 Å². The fourth-order valence-electron chi connectivity index (χ4n) is 14.1. The molecule has 6 nitrogen and oxygen atoms in total. The Morgan fingerprint density at radius 2 is 1.22 bits per heavy atom. The number of carbonyl (C=O) groups is 2. The highest BCUT2D eigenvalue weighted by Gasteiger charge is 2.59. The third kappa shape index (κ3) is 5.46. The average molecular weight is 725 g/mol. The summed E-state index contributed by atoms with van der Waals surface area (Å²) in [6, 6.07) is 8.55. The van der Waals surface area contributed by atoms with Gasteiger partial charge in [-0.2, -0.15) is 0 Å². The zero-order valence-corrected chi connectivity index (χ0v) is 33.1. The molecule has 8 aliphatic rings. The van der Waals surface area contributed by atoms with Crippen molar-refractivity contribution in [3.8, 4) is 0 Å². The molecule has 0 bridgehead atoms. The summed E-state index contributed by atoms with van der Waals surface area (Å²) in [6.07, 6.45) is 34.4. The van der Waals surface area contributed by atoms with Gasteiger partial charge in [0, 0.05) is 55.4 Å². The highest BCUT2D eigenvalue weighted by atomic mass is 16.2. The summed E-state index contributed by atoms with van der Waals surface area (Å²) in [6.45, 7) is 11.6. The first-order valence-corrected chi connectivity index (χ1v) is 21.2. The zero-order chi connectivity index (χ0) is 37.3. The summed E-state index contributed by atoms with van der Waals surface area (Å²) >= 11 is 0. The minimum absolute atomic E-state index is 0.00534. The minimum Gasteiger partial charge on any atom is -0.336 e. The maximum Gasteiger partial charge on any atom is 0.246 e. The fraction of sp³-hybridized carbons (Fsp3) is 0.583. The van der Waals surface area contributed by atoms with Crippen LogP contribution in [0.25, 0.3) is 11.1 Å². The predicted octanol–water partition coefficient (Wildman–Crippen LogP) is 9.72. The van der Waals surface area contributed by atoms with Gasteiger partial charge in [-0.25, -0.2) is 0 Å². The van der Waals surface area contributed by atoms with Gasteiger partial charge in [0.15, 0.2) is 0 Å². The first-order valence-electron chi connectivity index (χ1n) is 21.2. The van der Waals surface area contributed by atoms with Crippen LogP contribution in [0.4, 0.5) is 0 Å². The topological polar surface area (TPSA) is 66.4 Å². The van der Waals surface area contributed by atoms with Gasteiger partial charge in [-0.1, -0.05) is 56.4 Å². The van der Waals surface area contributed by atoms with Crippen LogP contribution in [0.2, 0.25) is 0 Å². The van der Waals surface area contributed by atoms with E-state index in [1.165, 1.54) is 67.2 Å². The molecule has 2 aromatic heterocycles. The van der Waals surface area contributed by atoms with Crippen LogP contribution in [0.5, 0.6) is 0 Å². The Labute approximate surface area is 323 Å². The number of hydrogen-bond acceptors (Lipinski definition) is 4. The lowest BCUT2D eigenvalue weighted by atomic mass is 9.52. The quantitative estimate of drug-likeness (QED) is 0.290. The van der Waals surface area contributed by atoms with Gasteiger partial charge in [-0.15, -0.1) is 0 Å². The normalized spacial score (nSPS) is 40.7. The van der Waals surface area contributed by atoms with E-state index >= 15 is 0 Å². The van der Waals surface area contributed by atoms with Gasteiger partial charge in [0.05, 0.1) is 0 Å². The summed E-state index contributed by atoms with van der Waals surface area (Å²) in [4.78, 5) is 38.6. The van der Waals surface area contributed by atoms with Crippen LogP contribution in [0.3, 0.4) is 0 Å². The van der Waals surface area contributed by atoms with Crippen LogP contribution >= 0.6 is 0 Å². The molecule has 0 aromatic carbocycles. The number of carbonyl (C=O) groups excluding carboxylic acids is 2. The van der Waals surface area contributed by atoms with E-state index in [1.807, 2.05) is 30.9 Å². The van der Waals surface area contributed by atoms with Gasteiger partial charge in [-0.05, 0) is 171 Å². The van der Waals surface area contributed by atoms with Gasteiger partial charge >= 0.3 is 0 Å². The van der Waals surface area contributed by atoms with Gasteiger partial charge in [0.1, 0.15) is 0 Å². The van der Waals surface area contributed by atoms with Gasteiger partial charge in [0.25, 0.3) is 0 Å². The smallest absolute Gasteiger partial charge is 0.246 e. The number of hydrogen-bond donors (Lipinski definition) is 0. The first kappa shape index (κ1) is 35.9. The number of amides is 2. The molecule has 2 saturated heterocycles. The summed E-state index contributed by atoms with van der Waals surface area (Å²) < 4.78 is 0. The molecule has 0 radical (unpaired) electrons. The second kappa shape index (κ2) is 13.4. The molecule has 4 fully saturated rings. The van der Waals surface area contributed by atoms with Crippen molar-refractivity contribution in [2.75, 3.05) is 13.1 Å². The van der Waals surface area contributed by atoms with Crippen LogP contribution in [0.1, 0.15) is 116 Å². The number of rotatable bonds is 2. The molecule has 284 valence electrons. The van der Waals surface area contributed by atoms with Crippen molar-refractivity contribution in [3.63, 3.8) is 0 Å². The van der Waals surface area contributed by atoms with E-state index in [4.69, 9.17) is 0 Å². The lowest BCUT2D eigenvalue weighted by Crippen LogP contribution is -2.62. The van der Waals surface area contributed by atoms with Crippen LogP contribution in [0.15, 0.2) is 85.5 Å². The van der Waals surface area contributed by atoms with Crippen LogP contribution < -0.4 is 0 Å². The molecule has 4 aliphatic carbocycles. The third-order valence-electron chi connectivity index (χ3n) is 16.8. The Morgan fingerprint density at radius 3 is 1.80 bits per heavy atom. The van der Waals surface area contributed by atoms with Crippen molar-refractivity contribution in [2.45, 2.75) is 116 Å². The Morgan fingerprint density at radius 1 is 0.648 bits per heavy atom. The van der Waals surface area contributed by atoms with Crippen molar-refractivity contribution >= 4 is 23.0 Å². The largest absolute Gasteiger partial charge is 0.336 e. The molecular weight excluding hydrogens is 665 g/mol. The molecule has 2 saturated carbocycles. The average Bonchev–Trinajstić information content (AvgIpc) is 3.62. The maximum atomic E-state index is 12.7. The molecule has 0 spiro atoms. The molecule has 10 rings (SSSR count). The second-order valence-electron chi connectivity index (χ2n) is 19.0. The number of aromatic nitrogens is 2. The van der Waals surface area contributed by atoms with Crippen LogP contribution in [-0.4, -0.2) is 55.7 Å². The fourth-order valence-corrected chi connectivity index (χ4v) is 14.1. The van der Waals surface area contributed by atoms with E-state index in [0.29, 0.717) is 36.0 Å². The third-order valence-corrected chi connectivity index (χ3v) is 16.8. The van der Waals surface area contributed by atoms with Crippen LogP contribution in [-0.2, 0) is 9.59 Å². The summed E-state index contributed by atoms with van der Waals surface area (Å²) in [7, 11) is 0. The molecule has 2 aromatic rings. The lowest BCUT2D eigenvalue weighted by Gasteiger charge is -2.59. The van der Waals surface area contributed by atoms with Gasteiger partial charge in [0.2, 0.25) is 11.8 Å². The van der Waals surface area contributed by atoms with E-state index in [1.54, 1.807) is 0 Å². The Hall–Kier alpha value is -3.80. The number of pyridine rings is 2. The standard InChI is InChI=1S/2C24H30N2O/c2*1-23-13-10-21-18(11-15-26-22(27)7-3-4-12-24(21,26)2)20(23)9-8-19(23)17-6-5-14-25-16-17/h3,5-8,14,16,18,20-21H,4,9-13,15H2,1-2H3;3-6,8,14,16,18,20-21H,7,9-13,15H2,1-2H3/t2*18-,20-,21-,23+,24+/m00/s1. The van der Waals surface area contributed by atoms with Crippen molar-refractivity contribution < 1.29 is 9.59 Å². The maximum absolute atomic E-state index is 12.7. The molecule has 54 heavy (non-hydrogen) atoms. The lowest BCUT2D eigenvalue weighted by molar-refractivity contribution is -0.149. The molecule has 6 heterocycles. The molecule has 10 atom stereocenters. The Balaban J connectivity index is 0.000000142. The van der Waals surface area contributed by atoms with Crippen molar-refractivity contribution in [3.05, 3.63) is 96.6 Å². The molecule has 2 amide bonds. The van der Waals surface area contributed by atoms with E-state index < -0.39 is 0 Å². The van der Waals surface area contributed by atoms with Crippen molar-refractivity contribution in [1.29, 1.82) is 0 Å². The highest BCUT2D eigenvalue weighted by molar-refractivity contribution is 5.88. The molecule has 0 unspecified atom stereocenters. The Kier molecular flexibility index (Phi) is 8.93. The zero-order valence-electron chi connectivity index (χ0n) is 33.1. The van der Waals surface area contributed by atoms with E-state index in [2.05, 4.69) is 102 Å². The highest BCUT2D eigenvalue weighted by Crippen LogP contribution is 2.65. The molecule has 0 N–H and O–H groups in total. The minimum atomic E-state index is 0.00534. The van der Waals surface area contributed by atoms with Crippen LogP contribution in [0, 0.1) is 46.3 Å².